The summed E-state index contributed by atoms with van der Waals surface area (Å²) in [5, 5.41) is 0. The van der Waals surface area contributed by atoms with Crippen LogP contribution in [0, 0.1) is 6.92 Å². The summed E-state index contributed by atoms with van der Waals surface area (Å²) >= 11 is 0. The Balaban J connectivity index is 1.90. The van der Waals surface area contributed by atoms with Crippen molar-refractivity contribution in [3.63, 3.8) is 0 Å². The van der Waals surface area contributed by atoms with Gasteiger partial charge in [0.2, 0.25) is 0 Å². The van der Waals surface area contributed by atoms with Gasteiger partial charge in [0.15, 0.2) is 0 Å². The van der Waals surface area contributed by atoms with Crippen molar-refractivity contribution >= 4 is 21.6 Å². The van der Waals surface area contributed by atoms with Gasteiger partial charge in [-0.3, -0.25) is 4.79 Å². The van der Waals surface area contributed by atoms with Crippen LogP contribution >= 0.6 is 0 Å². The van der Waals surface area contributed by atoms with Gasteiger partial charge in [0.1, 0.15) is 0 Å². The molecule has 4 nitrogen and oxygen atoms in total. The number of anilines is 1. The Morgan fingerprint density at radius 2 is 1.09 bits per heavy atom. The van der Waals surface area contributed by atoms with Gasteiger partial charge in [-0.05, 0) is 42.3 Å². The zero-order valence-corrected chi connectivity index (χ0v) is 18.4. The summed E-state index contributed by atoms with van der Waals surface area (Å²) in [7, 11) is -4.15. The maximum absolute atomic E-state index is 14.1. The number of hydrogen-bond acceptors (Lipinski definition) is 3. The lowest BCUT2D eigenvalue weighted by molar-refractivity contribution is -0.118. The molecule has 0 atom stereocenters. The Bertz CT molecular complexity index is 1250. The third-order valence-electron chi connectivity index (χ3n) is 5.26. The molecule has 0 unspecified atom stereocenters. The number of nitrogens with zero attached hydrogens (tertiary/aromatic N) is 1. The monoisotopic (exact) mass is 441 g/mol. The average Bonchev–Trinajstić information content (AvgIpc) is 2.82. The highest BCUT2D eigenvalue weighted by Crippen LogP contribution is 2.32. The molecule has 0 aromatic heterocycles. The highest BCUT2D eigenvalue weighted by Gasteiger charge is 2.36. The zero-order valence-electron chi connectivity index (χ0n) is 17.6. The maximum Gasteiger partial charge on any atom is 0.270 e. The first kappa shape index (κ1) is 21.5. The minimum atomic E-state index is -4.15. The van der Waals surface area contributed by atoms with E-state index in [9.17, 15) is 13.2 Å². The predicted octanol–water partition coefficient (Wildman–Crippen LogP) is 5.55. The second-order valence-electron chi connectivity index (χ2n) is 7.51. The first-order chi connectivity index (χ1) is 15.5. The number of hydrogen-bond donors (Lipinski definition) is 0. The van der Waals surface area contributed by atoms with E-state index in [1.807, 2.05) is 67.6 Å². The van der Waals surface area contributed by atoms with E-state index in [4.69, 9.17) is 0 Å². The molecule has 0 saturated heterocycles. The Hall–Kier alpha value is -3.70. The molecule has 0 heterocycles. The summed E-state index contributed by atoms with van der Waals surface area (Å²) in [4.78, 5) is 14.1. The lowest BCUT2D eigenvalue weighted by atomic mass is 9.90. The van der Waals surface area contributed by atoms with E-state index in [2.05, 4.69) is 0 Å². The fourth-order valence-electron chi connectivity index (χ4n) is 3.65. The quantitative estimate of drug-likeness (QED) is 0.394. The summed E-state index contributed by atoms with van der Waals surface area (Å²) in [5.74, 6) is -1.31. The molecule has 4 aromatic rings. The molecule has 4 aromatic carbocycles. The number of amides is 1. The molecule has 0 saturated carbocycles. The second kappa shape index (κ2) is 9.20. The average molecular weight is 442 g/mol. The SMILES string of the molecule is Cc1ccc(S(=O)(=O)N(C(=O)C(c2ccccc2)c2ccccc2)c2ccccc2)cc1. The number of carbonyl (C=O) groups excluding carboxylic acids is 1. The van der Waals surface area contributed by atoms with Gasteiger partial charge in [0.25, 0.3) is 15.9 Å². The molecular formula is C27H23NO3S. The van der Waals surface area contributed by atoms with Crippen LogP contribution in [0.15, 0.2) is 120 Å². The van der Waals surface area contributed by atoms with Crippen molar-refractivity contribution in [3.05, 3.63) is 132 Å². The molecule has 5 heteroatoms. The van der Waals surface area contributed by atoms with Crippen LogP contribution in [-0.4, -0.2) is 14.3 Å². The third-order valence-corrected chi connectivity index (χ3v) is 7.00. The summed E-state index contributed by atoms with van der Waals surface area (Å²) < 4.78 is 28.4. The van der Waals surface area contributed by atoms with Crippen LogP contribution in [0.3, 0.4) is 0 Å². The van der Waals surface area contributed by atoms with E-state index in [1.165, 1.54) is 12.1 Å². The van der Waals surface area contributed by atoms with E-state index in [1.54, 1.807) is 42.5 Å². The highest BCUT2D eigenvalue weighted by atomic mass is 32.2. The number of para-hydroxylation sites is 1. The number of carbonyl (C=O) groups is 1. The fraction of sp³-hybridized carbons (Fsp3) is 0.0741. The number of rotatable bonds is 6. The Morgan fingerprint density at radius 1 is 0.656 bits per heavy atom. The summed E-state index contributed by atoms with van der Waals surface area (Å²) in [6.07, 6.45) is 0. The molecule has 0 bridgehead atoms. The van der Waals surface area contributed by atoms with Crippen molar-refractivity contribution in [1.29, 1.82) is 0 Å². The van der Waals surface area contributed by atoms with Gasteiger partial charge in [-0.1, -0.05) is 96.6 Å². The van der Waals surface area contributed by atoms with Crippen LogP contribution in [0.4, 0.5) is 5.69 Å². The molecule has 160 valence electrons. The molecule has 0 radical (unpaired) electrons. The first-order valence-electron chi connectivity index (χ1n) is 10.3. The zero-order chi connectivity index (χ0) is 22.6. The Morgan fingerprint density at radius 3 is 1.56 bits per heavy atom. The minimum Gasteiger partial charge on any atom is -0.272 e. The molecule has 0 aliphatic carbocycles. The highest BCUT2D eigenvalue weighted by molar-refractivity contribution is 7.93. The van der Waals surface area contributed by atoms with Crippen LogP contribution in [0.2, 0.25) is 0 Å². The molecule has 4 rings (SSSR count). The normalized spacial score (nSPS) is 11.3. The van der Waals surface area contributed by atoms with Crippen LogP contribution in [0.1, 0.15) is 22.6 Å². The molecule has 0 aliphatic rings. The lowest BCUT2D eigenvalue weighted by Crippen LogP contribution is -2.40. The topological polar surface area (TPSA) is 54.5 Å². The van der Waals surface area contributed by atoms with Crippen molar-refractivity contribution < 1.29 is 13.2 Å². The third kappa shape index (κ3) is 4.34. The molecule has 0 N–H and O–H groups in total. The summed E-state index contributed by atoms with van der Waals surface area (Å²) in [6, 6.07) is 33.5. The van der Waals surface area contributed by atoms with Crippen LogP contribution in [-0.2, 0) is 14.8 Å². The van der Waals surface area contributed by atoms with Crippen molar-refractivity contribution in [3.8, 4) is 0 Å². The van der Waals surface area contributed by atoms with E-state index in [0.29, 0.717) is 5.69 Å². The Kier molecular flexibility index (Phi) is 6.19. The van der Waals surface area contributed by atoms with Gasteiger partial charge >= 0.3 is 0 Å². The summed E-state index contributed by atoms with van der Waals surface area (Å²) in [6.45, 7) is 1.89. The fourth-order valence-corrected chi connectivity index (χ4v) is 5.08. The lowest BCUT2D eigenvalue weighted by Gasteiger charge is -2.27. The van der Waals surface area contributed by atoms with Gasteiger partial charge in [-0.15, -0.1) is 0 Å². The van der Waals surface area contributed by atoms with E-state index >= 15 is 0 Å². The molecule has 32 heavy (non-hydrogen) atoms. The minimum absolute atomic E-state index is 0.0696. The molecule has 0 spiro atoms. The molecule has 0 fully saturated rings. The van der Waals surface area contributed by atoms with Crippen molar-refractivity contribution in [1.82, 2.24) is 0 Å². The van der Waals surface area contributed by atoms with Crippen molar-refractivity contribution in [2.24, 2.45) is 0 Å². The smallest absolute Gasteiger partial charge is 0.270 e. The van der Waals surface area contributed by atoms with Crippen LogP contribution in [0.25, 0.3) is 0 Å². The standard InChI is InChI=1S/C27H23NO3S/c1-21-17-19-25(20-18-21)32(30,31)28(24-15-9-4-10-16-24)27(29)26(22-11-5-2-6-12-22)23-13-7-3-8-14-23/h2-20,26H,1H3. The van der Waals surface area contributed by atoms with Gasteiger partial charge < -0.3 is 0 Å². The molecule has 1 amide bonds. The van der Waals surface area contributed by atoms with Gasteiger partial charge in [0.05, 0.1) is 16.5 Å². The van der Waals surface area contributed by atoms with Crippen molar-refractivity contribution in [2.75, 3.05) is 4.31 Å². The number of benzene rings is 4. The second-order valence-corrected chi connectivity index (χ2v) is 9.30. The van der Waals surface area contributed by atoms with E-state index in [0.717, 1.165) is 21.0 Å². The van der Waals surface area contributed by atoms with Crippen LogP contribution < -0.4 is 4.31 Å². The Labute approximate surface area is 188 Å². The van der Waals surface area contributed by atoms with Gasteiger partial charge in [-0.2, -0.15) is 0 Å². The first-order valence-corrected chi connectivity index (χ1v) is 11.7. The van der Waals surface area contributed by atoms with E-state index < -0.39 is 21.8 Å². The van der Waals surface area contributed by atoms with Gasteiger partial charge in [0, 0.05) is 0 Å². The summed E-state index contributed by atoms with van der Waals surface area (Å²) in [5.41, 5.74) is 2.69. The van der Waals surface area contributed by atoms with Crippen molar-refractivity contribution in [2.45, 2.75) is 17.7 Å². The van der Waals surface area contributed by atoms with Crippen LogP contribution in [0.5, 0.6) is 0 Å². The molecule has 0 aliphatic heterocycles. The molecular weight excluding hydrogens is 418 g/mol. The number of sulfonamides is 1. The van der Waals surface area contributed by atoms with Gasteiger partial charge in [-0.25, -0.2) is 12.7 Å². The van der Waals surface area contributed by atoms with E-state index in [-0.39, 0.29) is 4.90 Å². The maximum atomic E-state index is 14.1. The predicted molar refractivity (Wildman–Crippen MR) is 127 cm³/mol. The number of aryl methyl sites for hydroxylation is 1. The largest absolute Gasteiger partial charge is 0.272 e.